The number of nitrogens with one attached hydrogen (secondary N) is 3. The highest BCUT2D eigenvalue weighted by Gasteiger charge is 2.23. The molecule has 0 fully saturated rings. The van der Waals surface area contributed by atoms with Crippen molar-refractivity contribution in [1.82, 2.24) is 5.32 Å². The van der Waals surface area contributed by atoms with Crippen LogP contribution in [-0.2, 0) is 9.59 Å². The fourth-order valence-electron chi connectivity index (χ4n) is 5.06. The molecule has 1 atom stereocenters. The fourth-order valence-corrected chi connectivity index (χ4v) is 6.09. The Bertz CT molecular complexity index is 1940. The lowest BCUT2D eigenvalue weighted by Gasteiger charge is -2.18. The van der Waals surface area contributed by atoms with Crippen molar-refractivity contribution in [3.63, 3.8) is 0 Å². The largest absolute Gasteiger partial charge is 0.497 e. The van der Waals surface area contributed by atoms with E-state index in [0.717, 1.165) is 16.1 Å². The number of benzene rings is 5. The summed E-state index contributed by atoms with van der Waals surface area (Å²) >= 11 is 1.41. The lowest BCUT2D eigenvalue weighted by atomic mass is 10.0. The first-order valence-corrected chi connectivity index (χ1v) is 17.0. The monoisotopic (exact) mass is 685 g/mol. The van der Waals surface area contributed by atoms with Crippen LogP contribution in [-0.4, -0.2) is 31.9 Å². The highest BCUT2D eigenvalue weighted by Crippen LogP contribution is 2.37. The predicted octanol–water partition coefficient (Wildman–Crippen LogP) is 8.71. The molecule has 0 heterocycles. The number of anilines is 2. The maximum atomic E-state index is 13.7. The Hall–Kier alpha value is -5.80. The minimum atomic E-state index is -0.537. The summed E-state index contributed by atoms with van der Waals surface area (Å²) in [5, 5.41) is 8.17. The van der Waals surface area contributed by atoms with Gasteiger partial charge in [0.2, 0.25) is 5.91 Å². The van der Waals surface area contributed by atoms with E-state index in [1.165, 1.54) is 24.4 Å². The zero-order valence-electron chi connectivity index (χ0n) is 28.3. The van der Waals surface area contributed by atoms with Crippen LogP contribution in [0.5, 0.6) is 11.5 Å². The third-order valence-electron chi connectivity index (χ3n) is 7.82. The molecule has 0 aromatic heterocycles. The summed E-state index contributed by atoms with van der Waals surface area (Å²) in [4.78, 5) is 41.2. The van der Waals surface area contributed by atoms with Crippen molar-refractivity contribution in [3.8, 4) is 11.5 Å². The minimum Gasteiger partial charge on any atom is -0.497 e. The van der Waals surface area contributed by atoms with Gasteiger partial charge in [0.15, 0.2) is 0 Å². The lowest BCUT2D eigenvalue weighted by molar-refractivity contribution is -0.116. The molecule has 0 radical (unpaired) electrons. The summed E-state index contributed by atoms with van der Waals surface area (Å²) in [6.45, 7) is 4.26. The molecule has 5 aromatic rings. The van der Waals surface area contributed by atoms with Crippen molar-refractivity contribution >= 4 is 46.9 Å². The fraction of sp³-hybridized carbons (Fsp3) is 0.146. The molecule has 5 rings (SSSR count). The van der Waals surface area contributed by atoms with Crippen molar-refractivity contribution in [2.75, 3.05) is 24.9 Å². The first kappa shape index (κ1) is 35.5. The second kappa shape index (κ2) is 17.0. The van der Waals surface area contributed by atoms with Crippen LogP contribution in [0.1, 0.15) is 52.1 Å². The first-order valence-electron chi connectivity index (χ1n) is 16.1. The van der Waals surface area contributed by atoms with E-state index < -0.39 is 17.1 Å². The number of hydrogen-bond donors (Lipinski definition) is 3. The standard InChI is InChI=1S/C41H39N3O5S/c1-27(2)28-15-17-32(18-16-28)43-41(47)38(29-11-7-5-8-12-29)50-35-22-19-33(20-23-35)42-40(46)36(44-39(45)30-13-9-6-10-14-30)26-31-25-34(48-3)21-24-37(31)49-4/h5-27,38H,1-4H3,(H,42,46)(H,43,47)(H,44,45)/b36-26-. The smallest absolute Gasteiger partial charge is 0.272 e. The molecule has 0 bridgehead atoms. The lowest BCUT2D eigenvalue weighted by Crippen LogP contribution is -2.30. The van der Waals surface area contributed by atoms with Crippen LogP contribution in [0.3, 0.4) is 0 Å². The van der Waals surface area contributed by atoms with Gasteiger partial charge in [-0.05, 0) is 89.9 Å². The minimum absolute atomic E-state index is 0.00565. The van der Waals surface area contributed by atoms with Crippen LogP contribution in [0.25, 0.3) is 6.08 Å². The van der Waals surface area contributed by atoms with Crippen LogP contribution < -0.4 is 25.4 Å². The van der Waals surface area contributed by atoms with Crippen LogP contribution >= 0.6 is 11.8 Å². The van der Waals surface area contributed by atoms with Gasteiger partial charge >= 0.3 is 0 Å². The van der Waals surface area contributed by atoms with Gasteiger partial charge < -0.3 is 25.4 Å². The second-order valence-electron chi connectivity index (χ2n) is 11.6. The summed E-state index contributed by atoms with van der Waals surface area (Å²) < 4.78 is 10.9. The van der Waals surface area contributed by atoms with Gasteiger partial charge in [0.05, 0.1) is 14.2 Å². The number of hydrogen-bond acceptors (Lipinski definition) is 6. The van der Waals surface area contributed by atoms with Crippen molar-refractivity contribution in [2.45, 2.75) is 29.9 Å². The van der Waals surface area contributed by atoms with E-state index in [9.17, 15) is 14.4 Å². The van der Waals surface area contributed by atoms with E-state index in [-0.39, 0.29) is 11.6 Å². The molecule has 254 valence electrons. The SMILES string of the molecule is COc1ccc(OC)c(/C=C(\NC(=O)c2ccccc2)C(=O)Nc2ccc(SC(C(=O)Nc3ccc(C(C)C)cc3)c3ccccc3)cc2)c1. The zero-order chi connectivity index (χ0) is 35.5. The van der Waals surface area contributed by atoms with E-state index in [4.69, 9.17) is 9.47 Å². The quantitative estimate of drug-likeness (QED) is 0.0846. The van der Waals surface area contributed by atoms with E-state index >= 15 is 0 Å². The summed E-state index contributed by atoms with van der Waals surface area (Å²) in [5.41, 5.74) is 4.24. The molecule has 3 amide bonds. The van der Waals surface area contributed by atoms with E-state index in [1.807, 2.05) is 72.8 Å². The maximum Gasteiger partial charge on any atom is 0.272 e. The van der Waals surface area contributed by atoms with Crippen LogP contribution in [0.15, 0.2) is 138 Å². The summed E-state index contributed by atoms with van der Waals surface area (Å²) in [6, 6.07) is 38.5. The van der Waals surface area contributed by atoms with Gasteiger partial charge in [-0.3, -0.25) is 14.4 Å². The Morgan fingerprint density at radius 1 is 0.680 bits per heavy atom. The molecule has 0 aliphatic heterocycles. The molecule has 0 saturated heterocycles. The molecular formula is C41H39N3O5S. The van der Waals surface area contributed by atoms with Crippen LogP contribution in [0.2, 0.25) is 0 Å². The molecule has 9 heteroatoms. The Kier molecular flexibility index (Phi) is 12.1. The molecule has 5 aromatic carbocycles. The first-order chi connectivity index (χ1) is 24.2. The highest BCUT2D eigenvalue weighted by atomic mass is 32.2. The topological polar surface area (TPSA) is 106 Å². The molecule has 8 nitrogen and oxygen atoms in total. The average molecular weight is 686 g/mol. The third-order valence-corrected chi connectivity index (χ3v) is 9.08. The molecule has 3 N–H and O–H groups in total. The number of carbonyl (C=O) groups is 3. The van der Waals surface area contributed by atoms with E-state index in [1.54, 1.807) is 67.8 Å². The van der Waals surface area contributed by atoms with Crippen LogP contribution in [0.4, 0.5) is 11.4 Å². The number of carbonyl (C=O) groups excluding carboxylic acids is 3. The molecule has 1 unspecified atom stereocenters. The Morgan fingerprint density at radius 2 is 1.30 bits per heavy atom. The van der Waals surface area contributed by atoms with Gasteiger partial charge in [0, 0.05) is 27.4 Å². The molecule has 0 saturated carbocycles. The predicted molar refractivity (Wildman–Crippen MR) is 201 cm³/mol. The van der Waals surface area contributed by atoms with Gasteiger partial charge in [-0.25, -0.2) is 0 Å². The van der Waals surface area contributed by atoms with Gasteiger partial charge in [0.1, 0.15) is 22.4 Å². The zero-order valence-corrected chi connectivity index (χ0v) is 29.1. The number of methoxy groups -OCH3 is 2. The number of amides is 3. The number of thioether (sulfide) groups is 1. The van der Waals surface area contributed by atoms with Crippen LogP contribution in [0, 0.1) is 0 Å². The number of ether oxygens (including phenoxy) is 2. The molecule has 50 heavy (non-hydrogen) atoms. The third kappa shape index (κ3) is 9.42. The molecule has 0 spiro atoms. The van der Waals surface area contributed by atoms with Crippen molar-refractivity contribution in [3.05, 3.63) is 155 Å². The average Bonchev–Trinajstić information content (AvgIpc) is 3.15. The summed E-state index contributed by atoms with van der Waals surface area (Å²) in [7, 11) is 3.07. The van der Waals surface area contributed by atoms with E-state index in [0.29, 0.717) is 34.2 Å². The van der Waals surface area contributed by atoms with Gasteiger partial charge in [0.25, 0.3) is 11.8 Å². The summed E-state index contributed by atoms with van der Waals surface area (Å²) in [5.74, 6) is 0.327. The molecule has 0 aliphatic rings. The maximum absolute atomic E-state index is 13.7. The molecule has 0 aliphatic carbocycles. The van der Waals surface area contributed by atoms with E-state index in [2.05, 4.69) is 29.8 Å². The Labute approximate surface area is 296 Å². The Morgan fingerprint density at radius 3 is 1.92 bits per heavy atom. The second-order valence-corrected chi connectivity index (χ2v) is 12.8. The highest BCUT2D eigenvalue weighted by molar-refractivity contribution is 8.00. The molecular weight excluding hydrogens is 647 g/mol. The summed E-state index contributed by atoms with van der Waals surface area (Å²) in [6.07, 6.45) is 1.54. The normalized spacial score (nSPS) is 11.7. The van der Waals surface area contributed by atoms with Crippen molar-refractivity contribution in [1.29, 1.82) is 0 Å². The van der Waals surface area contributed by atoms with Crippen molar-refractivity contribution < 1.29 is 23.9 Å². The van der Waals surface area contributed by atoms with Gasteiger partial charge in [-0.2, -0.15) is 0 Å². The Balaban J connectivity index is 1.35. The van der Waals surface area contributed by atoms with Crippen molar-refractivity contribution in [2.24, 2.45) is 0 Å². The van der Waals surface area contributed by atoms with Gasteiger partial charge in [-0.15, -0.1) is 11.8 Å². The van der Waals surface area contributed by atoms with Gasteiger partial charge in [-0.1, -0.05) is 74.5 Å². The number of rotatable bonds is 13.